The van der Waals surface area contributed by atoms with E-state index < -0.39 is 6.10 Å². The summed E-state index contributed by atoms with van der Waals surface area (Å²) in [6.45, 7) is 8.88. The lowest BCUT2D eigenvalue weighted by atomic mass is 10.1. The summed E-state index contributed by atoms with van der Waals surface area (Å²) in [5.41, 5.74) is 1.95. The van der Waals surface area contributed by atoms with Gasteiger partial charge in [-0.2, -0.15) is 0 Å². The van der Waals surface area contributed by atoms with Crippen LogP contribution in [0.15, 0.2) is 18.2 Å². The molecule has 0 unspecified atom stereocenters. The summed E-state index contributed by atoms with van der Waals surface area (Å²) in [6, 6.07) is 5.73. The van der Waals surface area contributed by atoms with E-state index in [1.165, 1.54) is 0 Å². The summed E-state index contributed by atoms with van der Waals surface area (Å²) in [7, 11) is 0. The van der Waals surface area contributed by atoms with Gasteiger partial charge in [-0.3, -0.25) is 0 Å². The zero-order valence-corrected chi connectivity index (χ0v) is 11.1. The van der Waals surface area contributed by atoms with E-state index in [0.29, 0.717) is 13.2 Å². The second-order valence-electron chi connectivity index (χ2n) is 4.47. The molecule has 0 fully saturated rings. The van der Waals surface area contributed by atoms with Crippen molar-refractivity contribution in [3.8, 4) is 5.75 Å². The number of aliphatic hydroxyl groups excluding tert-OH is 1. The molecule has 96 valence electrons. The number of aryl methyl sites for hydroxylation is 1. The summed E-state index contributed by atoms with van der Waals surface area (Å²) >= 11 is 0. The van der Waals surface area contributed by atoms with Gasteiger partial charge in [-0.25, -0.2) is 0 Å². The summed E-state index contributed by atoms with van der Waals surface area (Å²) in [5, 5.41) is 9.45. The molecule has 0 heterocycles. The van der Waals surface area contributed by atoms with Crippen LogP contribution in [0.4, 0.5) is 0 Å². The first-order valence-electron chi connectivity index (χ1n) is 6.03. The molecule has 1 N–H and O–H groups in total. The number of ether oxygens (including phenoxy) is 2. The standard InChI is InChI=1S/C14H22O3/c1-10(2)16-7-8-17-14-6-5-13(12(4)15)9-11(14)3/h5-6,9-10,12,15H,7-8H2,1-4H3/t12-/m0/s1. The molecule has 1 aromatic rings. The van der Waals surface area contributed by atoms with Crippen LogP contribution >= 0.6 is 0 Å². The molecule has 0 aliphatic heterocycles. The largest absolute Gasteiger partial charge is 0.491 e. The average molecular weight is 238 g/mol. The lowest BCUT2D eigenvalue weighted by molar-refractivity contribution is 0.0551. The fourth-order valence-corrected chi connectivity index (χ4v) is 1.53. The Bertz CT molecular complexity index is 345. The van der Waals surface area contributed by atoms with E-state index in [9.17, 15) is 5.11 Å². The van der Waals surface area contributed by atoms with Crippen LogP contribution in [0.5, 0.6) is 5.75 Å². The highest BCUT2D eigenvalue weighted by Gasteiger charge is 2.05. The summed E-state index contributed by atoms with van der Waals surface area (Å²) < 4.78 is 11.0. The Morgan fingerprint density at radius 3 is 2.41 bits per heavy atom. The normalized spacial score (nSPS) is 12.8. The van der Waals surface area contributed by atoms with Gasteiger partial charge in [0.25, 0.3) is 0 Å². The maximum atomic E-state index is 9.45. The number of rotatable bonds is 6. The molecule has 0 saturated heterocycles. The molecule has 0 aromatic heterocycles. The van der Waals surface area contributed by atoms with Crippen molar-refractivity contribution >= 4 is 0 Å². The summed E-state index contributed by atoms with van der Waals surface area (Å²) in [5.74, 6) is 0.849. The molecule has 3 nitrogen and oxygen atoms in total. The molecule has 0 amide bonds. The minimum absolute atomic E-state index is 0.234. The maximum Gasteiger partial charge on any atom is 0.122 e. The highest BCUT2D eigenvalue weighted by atomic mass is 16.5. The van der Waals surface area contributed by atoms with Crippen LogP contribution in [0.3, 0.4) is 0 Å². The molecular formula is C14H22O3. The molecule has 1 atom stereocenters. The van der Waals surface area contributed by atoms with Gasteiger partial charge in [0.1, 0.15) is 12.4 Å². The van der Waals surface area contributed by atoms with E-state index in [-0.39, 0.29) is 6.10 Å². The van der Waals surface area contributed by atoms with Crippen LogP contribution in [0, 0.1) is 6.92 Å². The highest BCUT2D eigenvalue weighted by Crippen LogP contribution is 2.22. The van der Waals surface area contributed by atoms with Gasteiger partial charge in [-0.15, -0.1) is 0 Å². The average Bonchev–Trinajstić information content (AvgIpc) is 2.25. The number of aliphatic hydroxyl groups is 1. The molecule has 17 heavy (non-hydrogen) atoms. The van der Waals surface area contributed by atoms with Crippen LogP contribution in [-0.4, -0.2) is 24.4 Å². The van der Waals surface area contributed by atoms with Gasteiger partial charge < -0.3 is 14.6 Å². The third kappa shape index (κ3) is 4.75. The molecule has 1 aromatic carbocycles. The summed E-state index contributed by atoms with van der Waals surface area (Å²) in [6.07, 6.45) is -0.204. The minimum Gasteiger partial charge on any atom is -0.491 e. The zero-order chi connectivity index (χ0) is 12.8. The Balaban J connectivity index is 2.49. The van der Waals surface area contributed by atoms with Crippen LogP contribution in [0.1, 0.15) is 38.0 Å². The molecular weight excluding hydrogens is 216 g/mol. The van der Waals surface area contributed by atoms with Gasteiger partial charge in [-0.05, 0) is 51.0 Å². The Labute approximate surface area is 103 Å². The minimum atomic E-state index is -0.438. The predicted molar refractivity (Wildman–Crippen MR) is 68.4 cm³/mol. The third-order valence-electron chi connectivity index (χ3n) is 2.47. The quantitative estimate of drug-likeness (QED) is 0.774. The molecule has 0 bridgehead atoms. The highest BCUT2D eigenvalue weighted by molar-refractivity contribution is 5.36. The number of hydrogen-bond acceptors (Lipinski definition) is 3. The first-order chi connectivity index (χ1) is 8.00. The number of benzene rings is 1. The number of hydrogen-bond donors (Lipinski definition) is 1. The monoisotopic (exact) mass is 238 g/mol. The van der Waals surface area contributed by atoms with Gasteiger partial charge in [0, 0.05) is 0 Å². The Hall–Kier alpha value is -1.06. The van der Waals surface area contributed by atoms with Crippen LogP contribution in [0.25, 0.3) is 0 Å². The Morgan fingerprint density at radius 1 is 1.18 bits per heavy atom. The zero-order valence-electron chi connectivity index (χ0n) is 11.1. The Kier molecular flexibility index (Phi) is 5.45. The third-order valence-corrected chi connectivity index (χ3v) is 2.47. The Morgan fingerprint density at radius 2 is 1.88 bits per heavy atom. The van der Waals surface area contributed by atoms with Gasteiger partial charge in [0.2, 0.25) is 0 Å². The molecule has 3 heteroatoms. The molecule has 0 radical (unpaired) electrons. The van der Waals surface area contributed by atoms with Crippen molar-refractivity contribution in [2.45, 2.75) is 39.9 Å². The molecule has 0 aliphatic rings. The van der Waals surface area contributed by atoms with Crippen molar-refractivity contribution in [1.29, 1.82) is 0 Å². The fourth-order valence-electron chi connectivity index (χ4n) is 1.53. The van der Waals surface area contributed by atoms with Crippen molar-refractivity contribution in [2.24, 2.45) is 0 Å². The first-order valence-corrected chi connectivity index (χ1v) is 6.03. The van der Waals surface area contributed by atoms with E-state index in [1.807, 2.05) is 39.0 Å². The fraction of sp³-hybridized carbons (Fsp3) is 0.571. The SMILES string of the molecule is Cc1cc([C@H](C)O)ccc1OCCOC(C)C. The molecule has 1 rings (SSSR count). The first kappa shape index (κ1) is 14.0. The molecule has 0 spiro atoms. The van der Waals surface area contributed by atoms with Crippen LogP contribution < -0.4 is 4.74 Å². The second kappa shape index (κ2) is 6.62. The maximum absolute atomic E-state index is 9.45. The van der Waals surface area contributed by atoms with Gasteiger partial charge >= 0.3 is 0 Å². The van der Waals surface area contributed by atoms with Crippen molar-refractivity contribution in [1.82, 2.24) is 0 Å². The predicted octanol–water partition coefficient (Wildman–Crippen LogP) is 2.85. The summed E-state index contributed by atoms with van der Waals surface area (Å²) in [4.78, 5) is 0. The van der Waals surface area contributed by atoms with Crippen molar-refractivity contribution in [3.05, 3.63) is 29.3 Å². The van der Waals surface area contributed by atoms with Crippen molar-refractivity contribution < 1.29 is 14.6 Å². The molecule has 0 saturated carbocycles. The van der Waals surface area contributed by atoms with Gasteiger partial charge in [0.15, 0.2) is 0 Å². The van der Waals surface area contributed by atoms with E-state index in [0.717, 1.165) is 16.9 Å². The van der Waals surface area contributed by atoms with E-state index >= 15 is 0 Å². The van der Waals surface area contributed by atoms with E-state index in [1.54, 1.807) is 6.92 Å². The second-order valence-corrected chi connectivity index (χ2v) is 4.47. The lowest BCUT2D eigenvalue weighted by Crippen LogP contribution is -2.11. The van der Waals surface area contributed by atoms with E-state index in [4.69, 9.17) is 9.47 Å². The van der Waals surface area contributed by atoms with Gasteiger partial charge in [-0.1, -0.05) is 6.07 Å². The topological polar surface area (TPSA) is 38.7 Å². The van der Waals surface area contributed by atoms with Crippen LogP contribution in [-0.2, 0) is 4.74 Å². The molecule has 0 aliphatic carbocycles. The smallest absolute Gasteiger partial charge is 0.122 e. The van der Waals surface area contributed by atoms with Crippen molar-refractivity contribution in [3.63, 3.8) is 0 Å². The lowest BCUT2D eigenvalue weighted by Gasteiger charge is -2.13. The van der Waals surface area contributed by atoms with Gasteiger partial charge in [0.05, 0.1) is 18.8 Å². The van der Waals surface area contributed by atoms with Crippen LogP contribution in [0.2, 0.25) is 0 Å². The van der Waals surface area contributed by atoms with E-state index in [2.05, 4.69) is 0 Å². The van der Waals surface area contributed by atoms with Crippen molar-refractivity contribution in [2.75, 3.05) is 13.2 Å².